The van der Waals surface area contributed by atoms with Crippen molar-refractivity contribution in [3.8, 4) is 17.2 Å². The average Bonchev–Trinajstić information content (AvgIpc) is 2.90. The van der Waals surface area contributed by atoms with Crippen molar-refractivity contribution in [1.82, 2.24) is 14.8 Å². The Labute approximate surface area is 218 Å². The van der Waals surface area contributed by atoms with Crippen LogP contribution >= 0.6 is 12.2 Å². The summed E-state index contributed by atoms with van der Waals surface area (Å²) in [6.07, 6.45) is 0.909. The van der Waals surface area contributed by atoms with Crippen molar-refractivity contribution in [2.45, 2.75) is 26.8 Å². The summed E-state index contributed by atoms with van der Waals surface area (Å²) in [5.74, 6) is 1.87. The summed E-state index contributed by atoms with van der Waals surface area (Å²) in [5.41, 5.74) is 1.91. The number of aromatic nitrogens is 1. The van der Waals surface area contributed by atoms with Gasteiger partial charge in [-0.1, -0.05) is 26.0 Å². The normalized spacial score (nSPS) is 10.9. The van der Waals surface area contributed by atoms with Crippen molar-refractivity contribution in [3.63, 3.8) is 0 Å². The fourth-order valence-electron chi connectivity index (χ4n) is 4.12. The maximum absolute atomic E-state index is 13.0. The Bertz CT molecular complexity index is 1230. The molecule has 0 fully saturated rings. The first-order valence-electron chi connectivity index (χ1n) is 12.1. The fourth-order valence-corrected chi connectivity index (χ4v) is 4.39. The number of hydrogen-bond donors (Lipinski definition) is 2. The van der Waals surface area contributed by atoms with Gasteiger partial charge in [0, 0.05) is 23.6 Å². The number of nitrogens with zero attached hydrogens (tertiary/aromatic N) is 2. The number of nitrogens with one attached hydrogen (secondary N) is 2. The monoisotopic (exact) mass is 512 g/mol. The van der Waals surface area contributed by atoms with E-state index in [9.17, 15) is 4.79 Å². The number of fused-ring (bicyclic) bond motifs is 1. The Morgan fingerprint density at radius 3 is 2.28 bits per heavy atom. The van der Waals surface area contributed by atoms with Crippen molar-refractivity contribution in [2.24, 2.45) is 0 Å². The zero-order valence-electron chi connectivity index (χ0n) is 21.7. The Hall–Kier alpha value is -3.30. The molecular formula is C27H36N4O4S. The molecule has 0 aliphatic heterocycles. The van der Waals surface area contributed by atoms with Gasteiger partial charge in [0.15, 0.2) is 16.6 Å². The lowest BCUT2D eigenvalue weighted by atomic mass is 10.1. The third kappa shape index (κ3) is 6.67. The molecular weight excluding hydrogens is 476 g/mol. The van der Waals surface area contributed by atoms with Crippen molar-refractivity contribution in [2.75, 3.05) is 52.8 Å². The Balaban J connectivity index is 1.89. The van der Waals surface area contributed by atoms with Gasteiger partial charge in [0.2, 0.25) is 0 Å². The summed E-state index contributed by atoms with van der Waals surface area (Å²) in [6, 6.07) is 13.2. The standard InChI is InChI=1S/C27H36N4O4S/c1-6-30(7-2)13-10-14-31(27(36)29-21-11-8-9-12-23(21)33-3)18-20-15-19-16-24(34-4)25(35-5)17-22(19)28-26(20)32/h8-9,11-12,15-17H,6-7,10,13-14,18H2,1-5H3,(H,28,32)(H,29,36). The number of thiocarbonyl (C=S) groups is 1. The van der Waals surface area contributed by atoms with E-state index in [4.69, 9.17) is 26.4 Å². The molecule has 0 bridgehead atoms. The molecule has 0 radical (unpaired) electrons. The second-order valence-corrected chi connectivity index (χ2v) is 8.74. The molecule has 0 aliphatic carbocycles. The second kappa shape index (κ2) is 13.1. The SMILES string of the molecule is CCN(CC)CCCN(Cc1cc2cc(OC)c(OC)cc2[nH]c1=O)C(=S)Nc1ccccc1OC. The molecule has 3 rings (SSSR count). The summed E-state index contributed by atoms with van der Waals surface area (Å²) in [5, 5.41) is 4.70. The van der Waals surface area contributed by atoms with E-state index in [-0.39, 0.29) is 5.56 Å². The molecule has 1 aromatic heterocycles. The summed E-state index contributed by atoms with van der Waals surface area (Å²) >= 11 is 5.81. The maximum Gasteiger partial charge on any atom is 0.253 e. The minimum Gasteiger partial charge on any atom is -0.495 e. The Kier molecular flexibility index (Phi) is 9.95. The van der Waals surface area contributed by atoms with Crippen LogP contribution in [0, 0.1) is 0 Å². The van der Waals surface area contributed by atoms with E-state index in [1.54, 1.807) is 27.4 Å². The van der Waals surface area contributed by atoms with Crippen LogP contribution in [0.4, 0.5) is 5.69 Å². The van der Waals surface area contributed by atoms with E-state index < -0.39 is 0 Å². The van der Waals surface area contributed by atoms with E-state index in [0.29, 0.717) is 46.5 Å². The van der Waals surface area contributed by atoms with Crippen LogP contribution in [0.25, 0.3) is 10.9 Å². The van der Waals surface area contributed by atoms with Gasteiger partial charge in [-0.25, -0.2) is 0 Å². The molecule has 3 aromatic rings. The Morgan fingerprint density at radius 2 is 1.61 bits per heavy atom. The van der Waals surface area contributed by atoms with Crippen molar-refractivity contribution < 1.29 is 14.2 Å². The minimum absolute atomic E-state index is 0.163. The molecule has 194 valence electrons. The van der Waals surface area contributed by atoms with Crippen molar-refractivity contribution in [1.29, 1.82) is 0 Å². The smallest absolute Gasteiger partial charge is 0.253 e. The van der Waals surface area contributed by atoms with Gasteiger partial charge < -0.3 is 34.3 Å². The van der Waals surface area contributed by atoms with Crippen LogP contribution in [0.1, 0.15) is 25.8 Å². The minimum atomic E-state index is -0.163. The van der Waals surface area contributed by atoms with Crippen LogP contribution in [0.15, 0.2) is 47.3 Å². The van der Waals surface area contributed by atoms with E-state index in [1.807, 2.05) is 41.3 Å². The maximum atomic E-state index is 13.0. The van der Waals surface area contributed by atoms with Gasteiger partial charge in [0.05, 0.1) is 39.1 Å². The molecule has 0 aliphatic rings. The predicted octanol–water partition coefficient (Wildman–Crippen LogP) is 4.48. The van der Waals surface area contributed by atoms with Gasteiger partial charge >= 0.3 is 0 Å². The zero-order chi connectivity index (χ0) is 26.1. The molecule has 0 atom stereocenters. The lowest BCUT2D eigenvalue weighted by Crippen LogP contribution is -2.38. The first kappa shape index (κ1) is 27.3. The number of para-hydroxylation sites is 2. The third-order valence-corrected chi connectivity index (χ3v) is 6.58. The predicted molar refractivity (Wildman–Crippen MR) is 150 cm³/mol. The number of H-pyrrole nitrogens is 1. The van der Waals surface area contributed by atoms with Crippen LogP contribution in [0.2, 0.25) is 0 Å². The molecule has 0 saturated carbocycles. The molecule has 0 unspecified atom stereocenters. The van der Waals surface area contributed by atoms with Gasteiger partial charge in [-0.15, -0.1) is 0 Å². The van der Waals surface area contributed by atoms with E-state index >= 15 is 0 Å². The number of aromatic amines is 1. The number of rotatable bonds is 12. The highest BCUT2D eigenvalue weighted by Crippen LogP contribution is 2.31. The van der Waals surface area contributed by atoms with Gasteiger partial charge in [-0.2, -0.15) is 0 Å². The van der Waals surface area contributed by atoms with Gasteiger partial charge in [0.1, 0.15) is 5.75 Å². The molecule has 0 spiro atoms. The molecule has 0 amide bonds. The summed E-state index contributed by atoms with van der Waals surface area (Å²) in [6.45, 7) is 8.32. The first-order valence-corrected chi connectivity index (χ1v) is 12.5. The highest BCUT2D eigenvalue weighted by Gasteiger charge is 2.16. The van der Waals surface area contributed by atoms with Crippen LogP contribution < -0.4 is 25.1 Å². The summed E-state index contributed by atoms with van der Waals surface area (Å²) < 4.78 is 16.3. The van der Waals surface area contributed by atoms with Crippen molar-refractivity contribution >= 4 is 33.9 Å². The number of benzene rings is 2. The molecule has 9 heteroatoms. The Morgan fingerprint density at radius 1 is 0.944 bits per heavy atom. The number of hydrogen-bond acceptors (Lipinski definition) is 6. The number of anilines is 1. The van der Waals surface area contributed by atoms with E-state index in [2.05, 4.69) is 29.0 Å². The molecule has 2 N–H and O–H groups in total. The highest BCUT2D eigenvalue weighted by atomic mass is 32.1. The van der Waals surface area contributed by atoms with Gasteiger partial charge in [0.25, 0.3) is 5.56 Å². The molecule has 2 aromatic carbocycles. The van der Waals surface area contributed by atoms with Crippen LogP contribution in [-0.2, 0) is 6.54 Å². The third-order valence-electron chi connectivity index (χ3n) is 6.22. The first-order chi connectivity index (χ1) is 17.4. The van der Waals surface area contributed by atoms with Gasteiger partial charge in [-0.05, 0) is 62.5 Å². The van der Waals surface area contributed by atoms with Crippen molar-refractivity contribution in [3.05, 3.63) is 58.4 Å². The van der Waals surface area contributed by atoms with E-state index in [1.165, 1.54) is 0 Å². The number of pyridine rings is 1. The number of ether oxygens (including phenoxy) is 3. The zero-order valence-corrected chi connectivity index (χ0v) is 22.5. The quantitative estimate of drug-likeness (QED) is 0.344. The van der Waals surface area contributed by atoms with Crippen LogP contribution in [0.3, 0.4) is 0 Å². The van der Waals surface area contributed by atoms with Gasteiger partial charge in [-0.3, -0.25) is 4.79 Å². The summed E-state index contributed by atoms with van der Waals surface area (Å²) in [7, 11) is 4.79. The number of methoxy groups -OCH3 is 3. The molecule has 0 saturated heterocycles. The van der Waals surface area contributed by atoms with Crippen LogP contribution in [-0.4, -0.2) is 67.4 Å². The average molecular weight is 513 g/mol. The topological polar surface area (TPSA) is 79.1 Å². The molecule has 1 heterocycles. The molecule has 36 heavy (non-hydrogen) atoms. The van der Waals surface area contributed by atoms with Crippen LogP contribution in [0.5, 0.6) is 17.2 Å². The fraction of sp³-hybridized carbons (Fsp3) is 0.407. The largest absolute Gasteiger partial charge is 0.495 e. The lowest BCUT2D eigenvalue weighted by Gasteiger charge is -2.27. The molecule has 8 nitrogen and oxygen atoms in total. The lowest BCUT2D eigenvalue weighted by molar-refractivity contribution is 0.281. The highest BCUT2D eigenvalue weighted by molar-refractivity contribution is 7.80. The second-order valence-electron chi connectivity index (χ2n) is 8.35. The van der Waals surface area contributed by atoms with E-state index in [0.717, 1.165) is 37.1 Å². The summed E-state index contributed by atoms with van der Waals surface area (Å²) in [4.78, 5) is 20.4.